The summed E-state index contributed by atoms with van der Waals surface area (Å²) in [4.78, 5) is 15.5. The average molecular weight is 196 g/mol. The van der Waals surface area contributed by atoms with Gasteiger partial charge in [-0.1, -0.05) is 13.8 Å². The Balaban J connectivity index is 2.62. The van der Waals surface area contributed by atoms with Gasteiger partial charge in [0.1, 0.15) is 0 Å². The van der Waals surface area contributed by atoms with Crippen molar-refractivity contribution < 1.29 is 4.79 Å². The van der Waals surface area contributed by atoms with E-state index in [-0.39, 0.29) is 11.8 Å². The number of carbonyl (C=O) groups excluding carboxylic acids is 1. The second-order valence-electron chi connectivity index (χ2n) is 3.62. The summed E-state index contributed by atoms with van der Waals surface area (Å²) in [6.07, 6.45) is 3.38. The summed E-state index contributed by atoms with van der Waals surface area (Å²) < 4.78 is 1.73. The highest BCUT2D eigenvalue weighted by Crippen LogP contribution is 2.04. The van der Waals surface area contributed by atoms with E-state index in [4.69, 9.17) is 5.73 Å². The third-order valence-corrected chi connectivity index (χ3v) is 2.08. The summed E-state index contributed by atoms with van der Waals surface area (Å²) in [5.74, 6) is 0.440. The number of aromatic nitrogens is 2. The lowest BCUT2D eigenvalue weighted by atomic mass is 10.1. The van der Waals surface area contributed by atoms with Crippen molar-refractivity contribution in [1.82, 2.24) is 9.55 Å². The van der Waals surface area contributed by atoms with Crippen molar-refractivity contribution in [2.24, 2.45) is 18.7 Å². The van der Waals surface area contributed by atoms with Gasteiger partial charge in [0.05, 0.1) is 6.04 Å². The molecule has 0 spiro atoms. The van der Waals surface area contributed by atoms with E-state index in [9.17, 15) is 4.79 Å². The lowest BCUT2D eigenvalue weighted by molar-refractivity contribution is -0.118. The third-order valence-electron chi connectivity index (χ3n) is 2.08. The Morgan fingerprint density at radius 1 is 1.64 bits per heavy atom. The molecule has 0 fully saturated rings. The molecule has 1 atom stereocenters. The van der Waals surface area contributed by atoms with Crippen LogP contribution in [0.2, 0.25) is 0 Å². The maximum absolute atomic E-state index is 11.5. The molecule has 0 aliphatic rings. The molecular formula is C9H16N4O. The predicted molar refractivity (Wildman–Crippen MR) is 54.7 cm³/mol. The second kappa shape index (κ2) is 4.23. The highest BCUT2D eigenvalue weighted by molar-refractivity contribution is 5.93. The van der Waals surface area contributed by atoms with Gasteiger partial charge in [0.25, 0.3) is 0 Å². The van der Waals surface area contributed by atoms with Crippen LogP contribution in [0.5, 0.6) is 0 Å². The number of nitrogens with one attached hydrogen (secondary N) is 1. The Kier molecular flexibility index (Phi) is 3.24. The van der Waals surface area contributed by atoms with Gasteiger partial charge in [0.15, 0.2) is 0 Å². The first-order valence-corrected chi connectivity index (χ1v) is 4.56. The van der Waals surface area contributed by atoms with Gasteiger partial charge < -0.3 is 10.3 Å². The average Bonchev–Trinajstić information content (AvgIpc) is 2.50. The molecule has 78 valence electrons. The molecular weight excluding hydrogens is 180 g/mol. The maximum atomic E-state index is 11.5. The number of carbonyl (C=O) groups is 1. The zero-order valence-electron chi connectivity index (χ0n) is 8.69. The number of aryl methyl sites for hydroxylation is 1. The Hall–Kier alpha value is -1.36. The molecule has 0 radical (unpaired) electrons. The first-order chi connectivity index (χ1) is 6.52. The minimum Gasteiger partial charge on any atom is -0.320 e. The molecule has 0 bridgehead atoms. The van der Waals surface area contributed by atoms with E-state index in [0.29, 0.717) is 5.95 Å². The van der Waals surface area contributed by atoms with Gasteiger partial charge in [-0.3, -0.25) is 10.1 Å². The van der Waals surface area contributed by atoms with Crippen LogP contribution in [-0.4, -0.2) is 21.5 Å². The fraction of sp³-hybridized carbons (Fsp3) is 0.556. The number of amides is 1. The lowest BCUT2D eigenvalue weighted by Crippen LogP contribution is -2.40. The number of nitrogens with zero attached hydrogens (tertiary/aromatic N) is 2. The Morgan fingerprint density at radius 3 is 2.71 bits per heavy atom. The van der Waals surface area contributed by atoms with Crippen LogP contribution in [0.25, 0.3) is 0 Å². The van der Waals surface area contributed by atoms with E-state index >= 15 is 0 Å². The fourth-order valence-corrected chi connectivity index (χ4v) is 0.982. The molecule has 3 N–H and O–H groups in total. The third kappa shape index (κ3) is 2.32. The molecule has 5 heteroatoms. The highest BCUT2D eigenvalue weighted by atomic mass is 16.2. The highest BCUT2D eigenvalue weighted by Gasteiger charge is 2.18. The second-order valence-corrected chi connectivity index (χ2v) is 3.62. The van der Waals surface area contributed by atoms with Crippen LogP contribution in [0.4, 0.5) is 5.95 Å². The zero-order chi connectivity index (χ0) is 10.7. The molecule has 0 aliphatic carbocycles. The van der Waals surface area contributed by atoms with Crippen molar-refractivity contribution in [2.45, 2.75) is 19.9 Å². The van der Waals surface area contributed by atoms with Gasteiger partial charge in [-0.25, -0.2) is 4.98 Å². The Labute approximate surface area is 83.3 Å². The number of hydrogen-bond acceptors (Lipinski definition) is 3. The van der Waals surface area contributed by atoms with Crippen molar-refractivity contribution >= 4 is 11.9 Å². The SMILES string of the molecule is CC(C)[C@@H](N)C(=O)Nc1nccn1C. The van der Waals surface area contributed by atoms with Crippen LogP contribution in [0.1, 0.15) is 13.8 Å². The van der Waals surface area contributed by atoms with Crippen molar-refractivity contribution in [2.75, 3.05) is 5.32 Å². The number of rotatable bonds is 3. The van der Waals surface area contributed by atoms with E-state index in [1.165, 1.54) is 0 Å². The molecule has 1 rings (SSSR count). The van der Waals surface area contributed by atoms with Crippen LogP contribution in [0, 0.1) is 5.92 Å². The molecule has 0 aromatic carbocycles. The summed E-state index contributed by atoms with van der Waals surface area (Å²) in [7, 11) is 1.81. The number of hydrogen-bond donors (Lipinski definition) is 2. The van der Waals surface area contributed by atoms with Gasteiger partial charge in [-0.2, -0.15) is 0 Å². The van der Waals surface area contributed by atoms with Crippen LogP contribution < -0.4 is 11.1 Å². The molecule has 1 amide bonds. The summed E-state index contributed by atoms with van der Waals surface area (Å²) in [5, 5.41) is 2.66. The molecule has 0 aliphatic heterocycles. The minimum atomic E-state index is -0.494. The van der Waals surface area contributed by atoms with Gasteiger partial charge in [-0.05, 0) is 5.92 Å². The van der Waals surface area contributed by atoms with Gasteiger partial charge in [0, 0.05) is 19.4 Å². The van der Waals surface area contributed by atoms with Crippen molar-refractivity contribution in [3.63, 3.8) is 0 Å². The predicted octanol–water partition coefficient (Wildman–Crippen LogP) is 0.342. The molecule has 0 saturated carbocycles. The standard InChI is InChI=1S/C9H16N4O/c1-6(2)7(10)8(14)12-9-11-4-5-13(9)3/h4-7H,10H2,1-3H3,(H,11,12,14)/t7-/m1/s1. The summed E-state index contributed by atoms with van der Waals surface area (Å²) in [6, 6.07) is -0.494. The first kappa shape index (κ1) is 10.7. The maximum Gasteiger partial charge on any atom is 0.243 e. The Bertz CT molecular complexity index is 318. The van der Waals surface area contributed by atoms with Crippen molar-refractivity contribution in [1.29, 1.82) is 0 Å². The van der Waals surface area contributed by atoms with E-state index in [2.05, 4.69) is 10.3 Å². The van der Waals surface area contributed by atoms with Crippen molar-refractivity contribution in [3.05, 3.63) is 12.4 Å². The largest absolute Gasteiger partial charge is 0.320 e. The number of nitrogens with two attached hydrogens (primary N) is 1. The monoisotopic (exact) mass is 196 g/mol. The van der Waals surface area contributed by atoms with E-state index in [0.717, 1.165) is 0 Å². The first-order valence-electron chi connectivity index (χ1n) is 4.56. The van der Waals surface area contributed by atoms with Gasteiger partial charge >= 0.3 is 0 Å². The molecule has 1 aromatic heterocycles. The van der Waals surface area contributed by atoms with E-state index in [1.807, 2.05) is 20.9 Å². The van der Waals surface area contributed by atoms with Crippen LogP contribution in [0.15, 0.2) is 12.4 Å². The van der Waals surface area contributed by atoms with Crippen LogP contribution in [-0.2, 0) is 11.8 Å². The lowest BCUT2D eigenvalue weighted by Gasteiger charge is -2.14. The molecule has 0 unspecified atom stereocenters. The van der Waals surface area contributed by atoms with Crippen LogP contribution >= 0.6 is 0 Å². The number of imidazole rings is 1. The summed E-state index contributed by atoms with van der Waals surface area (Å²) >= 11 is 0. The quantitative estimate of drug-likeness (QED) is 0.732. The van der Waals surface area contributed by atoms with Crippen LogP contribution in [0.3, 0.4) is 0 Å². The number of anilines is 1. The molecule has 1 aromatic rings. The molecule has 1 heterocycles. The smallest absolute Gasteiger partial charge is 0.243 e. The minimum absolute atomic E-state index is 0.121. The van der Waals surface area contributed by atoms with E-state index < -0.39 is 6.04 Å². The zero-order valence-corrected chi connectivity index (χ0v) is 8.69. The van der Waals surface area contributed by atoms with Crippen molar-refractivity contribution in [3.8, 4) is 0 Å². The van der Waals surface area contributed by atoms with Gasteiger partial charge in [0.2, 0.25) is 11.9 Å². The fourth-order valence-electron chi connectivity index (χ4n) is 0.982. The molecule has 14 heavy (non-hydrogen) atoms. The van der Waals surface area contributed by atoms with E-state index in [1.54, 1.807) is 17.0 Å². The normalized spacial score (nSPS) is 12.9. The summed E-state index contributed by atoms with van der Waals surface area (Å²) in [6.45, 7) is 3.81. The van der Waals surface area contributed by atoms with Gasteiger partial charge in [-0.15, -0.1) is 0 Å². The summed E-state index contributed by atoms with van der Waals surface area (Å²) in [5.41, 5.74) is 5.68. The topological polar surface area (TPSA) is 72.9 Å². The Morgan fingerprint density at radius 2 is 2.29 bits per heavy atom. The molecule has 5 nitrogen and oxygen atoms in total. The molecule has 0 saturated heterocycles.